The van der Waals surface area contributed by atoms with E-state index in [1.54, 1.807) is 0 Å². The second-order valence-electron chi connectivity index (χ2n) is 0.357. The fourth-order valence-corrected chi connectivity index (χ4v) is 0. The van der Waals surface area contributed by atoms with Crippen molar-refractivity contribution in [1.29, 1.82) is 0 Å². The standard InChI is InChI=1S/CH2O4.Ca.Mg.4H/c2-1(3)5-4;;;;;;/h4H,(H,2,3);;;;;;. The first-order chi connectivity index (χ1) is 2.27. The van der Waals surface area contributed by atoms with Gasteiger partial charge in [-0.25, -0.2) is 4.79 Å². The summed E-state index contributed by atoms with van der Waals surface area (Å²) in [6.45, 7) is 0. The van der Waals surface area contributed by atoms with Crippen LogP contribution in [0.5, 0.6) is 0 Å². The molecule has 0 saturated heterocycles. The SMILES string of the molecule is O=C(O)OO.[CaH2].[MgH2]. The van der Waals surface area contributed by atoms with E-state index in [2.05, 4.69) is 4.89 Å². The van der Waals surface area contributed by atoms with Gasteiger partial charge in [0.25, 0.3) is 0 Å². The Bertz CT molecular complexity index is 47.0. The molecule has 2 N–H and O–H groups in total. The van der Waals surface area contributed by atoms with Crippen LogP contribution in [-0.4, -0.2) is 77.3 Å². The monoisotopic (exact) mass is 146 g/mol. The maximum atomic E-state index is 8.90. The number of rotatable bonds is 0. The Morgan fingerprint density at radius 3 is 1.71 bits per heavy atom. The van der Waals surface area contributed by atoms with Crippen LogP contribution in [-0.2, 0) is 4.89 Å². The summed E-state index contributed by atoms with van der Waals surface area (Å²) in [6.07, 6.45) is -1.69. The summed E-state index contributed by atoms with van der Waals surface area (Å²) in [4.78, 5) is 11.6. The van der Waals surface area contributed by atoms with Gasteiger partial charge in [0.2, 0.25) is 0 Å². The van der Waals surface area contributed by atoms with E-state index in [1.807, 2.05) is 0 Å². The van der Waals surface area contributed by atoms with Gasteiger partial charge in [-0.2, -0.15) is 5.26 Å². The van der Waals surface area contributed by atoms with E-state index in [0.29, 0.717) is 0 Å². The molecule has 0 aromatic rings. The van der Waals surface area contributed by atoms with Crippen molar-refractivity contribution in [3.63, 3.8) is 0 Å². The quantitative estimate of drug-likeness (QED) is 0.243. The molecule has 0 heterocycles. The van der Waals surface area contributed by atoms with E-state index in [-0.39, 0.29) is 60.8 Å². The van der Waals surface area contributed by atoms with Crippen LogP contribution in [0, 0.1) is 0 Å². The predicted octanol–water partition coefficient (Wildman–Crippen LogP) is -1.68. The molecule has 4 nitrogen and oxygen atoms in total. The minimum Gasteiger partial charge on any atom is 0.316 e. The van der Waals surface area contributed by atoms with Gasteiger partial charge in [-0.05, 0) is 0 Å². The zero-order chi connectivity index (χ0) is 4.28. The van der Waals surface area contributed by atoms with Gasteiger partial charge in [0.1, 0.15) is 0 Å². The van der Waals surface area contributed by atoms with Gasteiger partial charge in [0.05, 0.1) is 0 Å². The number of carboxylic acid groups (broad SMARTS) is 1. The third-order valence-electron chi connectivity index (χ3n) is 0.0781. The Balaban J connectivity index is -0.0000000800. The topological polar surface area (TPSA) is 66.8 Å². The van der Waals surface area contributed by atoms with Gasteiger partial charge < -0.3 is 5.11 Å². The van der Waals surface area contributed by atoms with Crippen LogP contribution >= 0.6 is 0 Å². The van der Waals surface area contributed by atoms with Gasteiger partial charge in [0, 0.05) is 0 Å². The second kappa shape index (κ2) is 10.3. The molecule has 7 heavy (non-hydrogen) atoms. The minimum absolute atomic E-state index is 0. The van der Waals surface area contributed by atoms with Gasteiger partial charge in [-0.15, -0.1) is 0 Å². The molecule has 0 unspecified atom stereocenters. The molecule has 0 atom stereocenters. The average molecular weight is 146 g/mol. The summed E-state index contributed by atoms with van der Waals surface area (Å²) in [7, 11) is 0. The maximum Gasteiger partial charge on any atom is 0.316 e. The predicted molar refractivity (Wildman–Crippen MR) is 28.8 cm³/mol. The van der Waals surface area contributed by atoms with Crippen LogP contribution in [0.15, 0.2) is 0 Å². The van der Waals surface area contributed by atoms with Crippen LogP contribution in [0.1, 0.15) is 0 Å². The third-order valence-corrected chi connectivity index (χ3v) is 0.0781. The van der Waals surface area contributed by atoms with E-state index in [1.165, 1.54) is 0 Å². The zero-order valence-electron chi connectivity index (χ0n) is 2.21. The van der Waals surface area contributed by atoms with E-state index in [4.69, 9.17) is 15.2 Å². The molecule has 0 rings (SSSR count). The zero-order valence-corrected chi connectivity index (χ0v) is 2.21. The first-order valence-electron chi connectivity index (χ1n) is 0.814. The van der Waals surface area contributed by atoms with Crippen molar-refractivity contribution in [1.82, 2.24) is 0 Å². The van der Waals surface area contributed by atoms with Crippen molar-refractivity contribution in [2.24, 2.45) is 0 Å². The molecule has 0 aromatic heterocycles. The molecule has 0 saturated carbocycles. The number of hydrogen-bond acceptors (Lipinski definition) is 3. The van der Waals surface area contributed by atoms with E-state index < -0.39 is 6.16 Å². The van der Waals surface area contributed by atoms with Crippen LogP contribution in [0.2, 0.25) is 0 Å². The Morgan fingerprint density at radius 1 is 1.57 bits per heavy atom. The Kier molecular flexibility index (Phi) is 23.1. The Morgan fingerprint density at radius 2 is 1.71 bits per heavy atom. The fourth-order valence-electron chi connectivity index (χ4n) is 0. The largest absolute Gasteiger partial charge is 0.316 e. The van der Waals surface area contributed by atoms with Gasteiger partial charge in [0.15, 0.2) is 0 Å². The molecule has 0 amide bonds. The fraction of sp³-hybridized carbons (Fsp3) is 0. The first-order valence-corrected chi connectivity index (χ1v) is 0.814. The Labute approximate surface area is 85.9 Å². The van der Waals surface area contributed by atoms with Crippen LogP contribution < -0.4 is 0 Å². The summed E-state index contributed by atoms with van der Waals surface area (Å²) in [5, 5.41) is 14.3. The van der Waals surface area contributed by atoms with Crippen molar-refractivity contribution >= 4 is 66.9 Å². The average Bonchev–Trinajstić information content (AvgIpc) is 1.38. The molecule has 0 radical (unpaired) electrons. The molecule has 38 valence electrons. The molecule has 0 aliphatic carbocycles. The molecule has 0 aliphatic rings. The maximum absolute atomic E-state index is 8.90. The summed E-state index contributed by atoms with van der Waals surface area (Å²) >= 11 is 0. The third kappa shape index (κ3) is 18.9. The summed E-state index contributed by atoms with van der Waals surface area (Å²) in [6, 6.07) is 0. The van der Waals surface area contributed by atoms with Crippen molar-refractivity contribution in [2.75, 3.05) is 0 Å². The van der Waals surface area contributed by atoms with Crippen molar-refractivity contribution < 1.29 is 20.0 Å². The smallest absolute Gasteiger partial charge is 0.316 e. The van der Waals surface area contributed by atoms with Crippen LogP contribution in [0.3, 0.4) is 0 Å². The molecule has 0 bridgehead atoms. The minimum atomic E-state index is -1.69. The van der Waals surface area contributed by atoms with E-state index >= 15 is 0 Å². The molecule has 0 aromatic carbocycles. The second-order valence-corrected chi connectivity index (χ2v) is 0.357. The summed E-state index contributed by atoms with van der Waals surface area (Å²) in [5.74, 6) is 0. The number of carbonyl (C=O) groups is 1. The molecule has 0 spiro atoms. The molecular weight excluding hydrogens is 140 g/mol. The van der Waals surface area contributed by atoms with Crippen molar-refractivity contribution in [2.45, 2.75) is 0 Å². The van der Waals surface area contributed by atoms with Gasteiger partial charge >= 0.3 is 66.9 Å². The normalized spacial score (nSPS) is 4.71. The molecule has 0 aliphatic heterocycles. The molecule has 0 fully saturated rings. The van der Waals surface area contributed by atoms with Crippen molar-refractivity contribution in [3.05, 3.63) is 0 Å². The van der Waals surface area contributed by atoms with E-state index in [0.717, 1.165) is 0 Å². The molecule has 6 heteroatoms. The van der Waals surface area contributed by atoms with E-state index in [9.17, 15) is 0 Å². The Hall–Kier alpha value is 1.26. The van der Waals surface area contributed by atoms with Gasteiger partial charge in [-0.1, -0.05) is 0 Å². The summed E-state index contributed by atoms with van der Waals surface area (Å²) < 4.78 is 0. The van der Waals surface area contributed by atoms with Crippen LogP contribution in [0.25, 0.3) is 0 Å². The summed E-state index contributed by atoms with van der Waals surface area (Å²) in [5.41, 5.74) is 0. The van der Waals surface area contributed by atoms with Crippen molar-refractivity contribution in [3.8, 4) is 0 Å². The van der Waals surface area contributed by atoms with Crippen LogP contribution in [0.4, 0.5) is 4.79 Å². The van der Waals surface area contributed by atoms with Gasteiger partial charge in [-0.3, -0.25) is 4.89 Å². The first kappa shape index (κ1) is 15.7. The number of hydrogen-bond donors (Lipinski definition) is 2. The molecular formula is CH6CaMgO4.